The topological polar surface area (TPSA) is 25.2 Å². The fourth-order valence-electron chi connectivity index (χ4n) is 2.91. The second-order valence-corrected chi connectivity index (χ2v) is 5.79. The van der Waals surface area contributed by atoms with Crippen LogP contribution in [-0.4, -0.2) is 10.7 Å². The predicted molar refractivity (Wildman–Crippen MR) is 90.7 cm³/mol. The first-order valence-corrected chi connectivity index (χ1v) is 7.59. The second kappa shape index (κ2) is 5.43. The quantitative estimate of drug-likeness (QED) is 0.662. The first-order chi connectivity index (χ1) is 11.2. The van der Waals surface area contributed by atoms with Crippen LogP contribution in [0.4, 0.5) is 10.2 Å². The fraction of sp³-hybridized carbons (Fsp3) is 0.100. The lowest BCUT2D eigenvalue weighted by molar-refractivity contribution is 0.631. The van der Waals surface area contributed by atoms with Crippen molar-refractivity contribution >= 4 is 11.5 Å². The molecule has 0 saturated heterocycles. The highest BCUT2D eigenvalue weighted by Gasteiger charge is 2.17. The molecule has 2 nitrogen and oxygen atoms in total. The number of aliphatic imine (C=N–C) groups is 1. The summed E-state index contributed by atoms with van der Waals surface area (Å²) in [6, 6.07) is 16.8. The number of nitrogens with zero attached hydrogens (tertiary/aromatic N) is 2. The van der Waals surface area contributed by atoms with E-state index in [1.807, 2.05) is 43.5 Å². The molecule has 0 aliphatic carbocycles. The molecular formula is C20H15FN2. The Balaban J connectivity index is 1.64. The molecule has 0 fully saturated rings. The third-order valence-electron chi connectivity index (χ3n) is 4.08. The summed E-state index contributed by atoms with van der Waals surface area (Å²) in [4.78, 5) is 8.99. The van der Waals surface area contributed by atoms with Crippen molar-refractivity contribution in [3.8, 4) is 11.1 Å². The third kappa shape index (κ3) is 2.55. The number of benzene rings is 2. The zero-order valence-electron chi connectivity index (χ0n) is 12.8. The van der Waals surface area contributed by atoms with Crippen LogP contribution in [0.3, 0.4) is 0 Å². The Morgan fingerprint density at radius 1 is 0.957 bits per heavy atom. The Hall–Kier alpha value is -2.81. The highest BCUT2D eigenvalue weighted by molar-refractivity contribution is 6.06. The van der Waals surface area contributed by atoms with E-state index in [2.05, 4.69) is 16.0 Å². The minimum Gasteiger partial charge on any atom is -0.237 e. The largest absolute Gasteiger partial charge is 0.237 e. The van der Waals surface area contributed by atoms with Crippen molar-refractivity contribution in [3.63, 3.8) is 0 Å². The fourth-order valence-corrected chi connectivity index (χ4v) is 2.91. The monoisotopic (exact) mass is 302 g/mol. The van der Waals surface area contributed by atoms with Gasteiger partial charge in [-0.1, -0.05) is 48.5 Å². The van der Waals surface area contributed by atoms with Gasteiger partial charge in [-0.05, 0) is 29.7 Å². The van der Waals surface area contributed by atoms with Crippen molar-refractivity contribution < 1.29 is 4.39 Å². The normalized spacial score (nSPS) is 12.9. The lowest BCUT2D eigenvalue weighted by Crippen LogP contribution is -2.00. The zero-order chi connectivity index (χ0) is 15.8. The Morgan fingerprint density at radius 2 is 1.70 bits per heavy atom. The van der Waals surface area contributed by atoms with Crippen LogP contribution in [-0.2, 0) is 6.42 Å². The molecule has 0 bridgehead atoms. The smallest absolute Gasteiger partial charge is 0.155 e. The van der Waals surface area contributed by atoms with E-state index in [0.717, 1.165) is 40.2 Å². The van der Waals surface area contributed by atoms with E-state index in [9.17, 15) is 4.39 Å². The van der Waals surface area contributed by atoms with Crippen LogP contribution >= 0.6 is 0 Å². The van der Waals surface area contributed by atoms with Crippen molar-refractivity contribution in [2.24, 2.45) is 4.99 Å². The van der Waals surface area contributed by atoms with Crippen molar-refractivity contribution in [3.05, 3.63) is 83.3 Å². The molecule has 0 spiro atoms. The summed E-state index contributed by atoms with van der Waals surface area (Å²) in [5.41, 5.74) is 5.87. The molecule has 112 valence electrons. The molecule has 0 unspecified atom stereocenters. The van der Waals surface area contributed by atoms with Gasteiger partial charge in [0.05, 0.1) is 5.71 Å². The van der Waals surface area contributed by atoms with Gasteiger partial charge >= 0.3 is 0 Å². The van der Waals surface area contributed by atoms with E-state index < -0.39 is 0 Å². The van der Waals surface area contributed by atoms with Crippen LogP contribution < -0.4 is 0 Å². The molecule has 3 aromatic rings. The summed E-state index contributed by atoms with van der Waals surface area (Å²) >= 11 is 0. The summed E-state index contributed by atoms with van der Waals surface area (Å²) in [5.74, 6) is 0.606. The van der Waals surface area contributed by atoms with E-state index in [1.54, 1.807) is 12.1 Å². The number of fused-ring (bicyclic) bond motifs is 1. The van der Waals surface area contributed by atoms with Gasteiger partial charge in [0.15, 0.2) is 5.82 Å². The summed E-state index contributed by atoms with van der Waals surface area (Å²) in [6.07, 6.45) is 2.63. The summed E-state index contributed by atoms with van der Waals surface area (Å²) in [7, 11) is 0. The molecule has 0 atom stereocenters. The number of hydrogen-bond donors (Lipinski definition) is 0. The molecule has 0 N–H and O–H groups in total. The lowest BCUT2D eigenvalue weighted by Gasteiger charge is -2.05. The van der Waals surface area contributed by atoms with Crippen LogP contribution in [0, 0.1) is 12.7 Å². The van der Waals surface area contributed by atoms with Crippen molar-refractivity contribution in [2.75, 3.05) is 0 Å². The maximum Gasteiger partial charge on any atom is 0.155 e. The van der Waals surface area contributed by atoms with E-state index in [1.165, 1.54) is 6.07 Å². The highest BCUT2D eigenvalue weighted by Crippen LogP contribution is 2.28. The molecule has 0 radical (unpaired) electrons. The van der Waals surface area contributed by atoms with Crippen LogP contribution in [0.1, 0.15) is 16.7 Å². The minimum atomic E-state index is -0.203. The van der Waals surface area contributed by atoms with Gasteiger partial charge in [0, 0.05) is 23.7 Å². The molecule has 23 heavy (non-hydrogen) atoms. The lowest BCUT2D eigenvalue weighted by atomic mass is 10.00. The van der Waals surface area contributed by atoms with Crippen LogP contribution in [0.2, 0.25) is 0 Å². The first-order valence-electron chi connectivity index (χ1n) is 7.59. The number of rotatable bonds is 2. The summed E-state index contributed by atoms with van der Waals surface area (Å²) < 4.78 is 13.9. The van der Waals surface area contributed by atoms with Gasteiger partial charge < -0.3 is 0 Å². The molecule has 4 rings (SSSR count). The number of pyridine rings is 1. The first kappa shape index (κ1) is 13.8. The molecule has 1 aliphatic heterocycles. The molecule has 2 aromatic carbocycles. The van der Waals surface area contributed by atoms with Gasteiger partial charge in [0.25, 0.3) is 0 Å². The molecule has 0 amide bonds. The maximum absolute atomic E-state index is 13.9. The number of aryl methyl sites for hydroxylation is 1. The van der Waals surface area contributed by atoms with Gasteiger partial charge in [0.1, 0.15) is 5.82 Å². The minimum absolute atomic E-state index is 0.203. The van der Waals surface area contributed by atoms with Gasteiger partial charge in [0.2, 0.25) is 0 Å². The Bertz CT molecular complexity index is 911. The van der Waals surface area contributed by atoms with Crippen molar-refractivity contribution in [1.82, 2.24) is 4.98 Å². The maximum atomic E-state index is 13.9. The molecular weight excluding hydrogens is 287 g/mol. The highest BCUT2D eigenvalue weighted by atomic mass is 19.1. The SMILES string of the molecule is Cc1cnc2c(c1)CC(c1ccc(-c3ccccc3F)cc1)=N2. The summed E-state index contributed by atoms with van der Waals surface area (Å²) in [5, 5.41) is 0. The van der Waals surface area contributed by atoms with Crippen molar-refractivity contribution in [1.29, 1.82) is 0 Å². The molecule has 1 aromatic heterocycles. The average molecular weight is 302 g/mol. The third-order valence-corrected chi connectivity index (χ3v) is 4.08. The van der Waals surface area contributed by atoms with Gasteiger partial charge in [-0.2, -0.15) is 0 Å². The van der Waals surface area contributed by atoms with Gasteiger partial charge in [-0.3, -0.25) is 0 Å². The Morgan fingerprint density at radius 3 is 2.48 bits per heavy atom. The van der Waals surface area contributed by atoms with E-state index in [-0.39, 0.29) is 5.82 Å². The Kier molecular flexibility index (Phi) is 3.27. The van der Waals surface area contributed by atoms with Gasteiger partial charge in [-0.15, -0.1) is 0 Å². The Labute approximate surface area is 134 Å². The van der Waals surface area contributed by atoms with E-state index in [0.29, 0.717) is 5.56 Å². The molecule has 2 heterocycles. The standard InChI is InChI=1S/C20H15FN2/c1-13-10-16-11-19(23-20(16)22-12-13)15-8-6-14(7-9-15)17-4-2-3-5-18(17)21/h2-10,12H,11H2,1H3. The number of hydrogen-bond acceptors (Lipinski definition) is 2. The van der Waals surface area contributed by atoms with Crippen molar-refractivity contribution in [2.45, 2.75) is 13.3 Å². The average Bonchev–Trinajstić information content (AvgIpc) is 2.98. The molecule has 0 saturated carbocycles. The van der Waals surface area contributed by atoms with E-state index >= 15 is 0 Å². The number of halogens is 1. The predicted octanol–water partition coefficient (Wildman–Crippen LogP) is 4.87. The van der Waals surface area contributed by atoms with Crippen LogP contribution in [0.15, 0.2) is 65.8 Å². The van der Waals surface area contributed by atoms with Crippen LogP contribution in [0.25, 0.3) is 11.1 Å². The molecule has 1 aliphatic rings. The van der Waals surface area contributed by atoms with Gasteiger partial charge in [-0.25, -0.2) is 14.4 Å². The van der Waals surface area contributed by atoms with E-state index in [4.69, 9.17) is 0 Å². The zero-order valence-corrected chi connectivity index (χ0v) is 12.8. The summed E-state index contributed by atoms with van der Waals surface area (Å²) in [6.45, 7) is 2.04. The molecule has 3 heteroatoms. The second-order valence-electron chi connectivity index (χ2n) is 5.79. The van der Waals surface area contributed by atoms with Crippen LogP contribution in [0.5, 0.6) is 0 Å². The number of aromatic nitrogens is 1.